The van der Waals surface area contributed by atoms with Crippen LogP contribution in [0.5, 0.6) is 0 Å². The van der Waals surface area contributed by atoms with Crippen molar-refractivity contribution in [2.45, 2.75) is 6.92 Å². The predicted octanol–water partition coefficient (Wildman–Crippen LogP) is 3.16. The number of benzene rings is 2. The molecule has 1 heterocycles. The summed E-state index contributed by atoms with van der Waals surface area (Å²) in [5.41, 5.74) is 2.92. The number of carbonyl (C=O) groups is 1. The number of hydrogen-bond donors (Lipinski definition) is 0. The van der Waals surface area contributed by atoms with Crippen molar-refractivity contribution in [3.63, 3.8) is 0 Å². The zero-order valence-electron chi connectivity index (χ0n) is 15.5. The van der Waals surface area contributed by atoms with Crippen LogP contribution in [-0.4, -0.2) is 41.9 Å². The summed E-state index contributed by atoms with van der Waals surface area (Å²) in [5, 5.41) is 20.2. The minimum absolute atomic E-state index is 0.0533. The molecule has 0 aromatic heterocycles. The summed E-state index contributed by atoms with van der Waals surface area (Å²) in [6, 6.07) is 16.0. The van der Waals surface area contributed by atoms with Crippen LogP contribution >= 0.6 is 0 Å². The number of nitro benzene ring substituents is 1. The zero-order valence-corrected chi connectivity index (χ0v) is 15.5. The van der Waals surface area contributed by atoms with Gasteiger partial charge in [-0.2, -0.15) is 5.26 Å². The number of amides is 1. The van der Waals surface area contributed by atoms with Crippen molar-refractivity contribution in [2.75, 3.05) is 31.1 Å². The molecule has 0 radical (unpaired) electrons. The maximum Gasteiger partial charge on any atom is 0.269 e. The van der Waals surface area contributed by atoms with E-state index in [-0.39, 0.29) is 17.2 Å². The summed E-state index contributed by atoms with van der Waals surface area (Å²) >= 11 is 0. The third kappa shape index (κ3) is 4.18. The van der Waals surface area contributed by atoms with Crippen molar-refractivity contribution in [2.24, 2.45) is 0 Å². The summed E-state index contributed by atoms with van der Waals surface area (Å²) in [6.45, 7) is 4.12. The highest BCUT2D eigenvalue weighted by molar-refractivity contribution is 6.02. The van der Waals surface area contributed by atoms with Gasteiger partial charge in [-0.1, -0.05) is 24.3 Å². The smallest absolute Gasteiger partial charge is 0.269 e. The minimum atomic E-state index is -0.426. The van der Waals surface area contributed by atoms with Gasteiger partial charge in [-0.25, -0.2) is 0 Å². The van der Waals surface area contributed by atoms with E-state index in [2.05, 4.69) is 4.90 Å². The van der Waals surface area contributed by atoms with E-state index in [0.717, 1.165) is 16.8 Å². The molecule has 0 saturated carbocycles. The van der Waals surface area contributed by atoms with Crippen LogP contribution in [0.3, 0.4) is 0 Å². The third-order valence-electron chi connectivity index (χ3n) is 4.83. The molecule has 0 spiro atoms. The fourth-order valence-electron chi connectivity index (χ4n) is 3.17. The van der Waals surface area contributed by atoms with Gasteiger partial charge in [0.05, 0.1) is 4.92 Å². The molecular formula is C21H20N4O3. The SMILES string of the molecule is Cc1ccccc1/C=C(\C#N)C(=O)N1CCN(c2ccc([N+](=O)[O-])cc2)CC1. The van der Waals surface area contributed by atoms with Gasteiger partial charge in [-0.15, -0.1) is 0 Å². The Morgan fingerprint density at radius 1 is 1.11 bits per heavy atom. The lowest BCUT2D eigenvalue weighted by Gasteiger charge is -2.36. The molecule has 2 aromatic rings. The third-order valence-corrected chi connectivity index (χ3v) is 4.83. The molecule has 0 atom stereocenters. The highest BCUT2D eigenvalue weighted by Crippen LogP contribution is 2.21. The van der Waals surface area contributed by atoms with Crippen LogP contribution in [0.1, 0.15) is 11.1 Å². The van der Waals surface area contributed by atoms with E-state index in [0.29, 0.717) is 26.2 Å². The molecule has 1 aliphatic rings. The molecule has 28 heavy (non-hydrogen) atoms. The maximum absolute atomic E-state index is 12.7. The van der Waals surface area contributed by atoms with E-state index in [4.69, 9.17) is 0 Å². The normalized spacial score (nSPS) is 14.5. The lowest BCUT2D eigenvalue weighted by Crippen LogP contribution is -2.49. The summed E-state index contributed by atoms with van der Waals surface area (Å²) < 4.78 is 0. The molecule has 0 unspecified atom stereocenters. The van der Waals surface area contributed by atoms with Crippen LogP contribution in [0, 0.1) is 28.4 Å². The van der Waals surface area contributed by atoms with Gasteiger partial charge >= 0.3 is 0 Å². The van der Waals surface area contributed by atoms with Crippen LogP contribution < -0.4 is 4.90 Å². The number of nitriles is 1. The van der Waals surface area contributed by atoms with Crippen molar-refractivity contribution in [1.82, 2.24) is 4.90 Å². The second kappa shape index (κ2) is 8.35. The van der Waals surface area contributed by atoms with Gasteiger partial charge in [-0.05, 0) is 36.3 Å². The maximum atomic E-state index is 12.7. The average molecular weight is 376 g/mol. The van der Waals surface area contributed by atoms with Crippen molar-refractivity contribution < 1.29 is 9.72 Å². The molecule has 2 aromatic carbocycles. The summed E-state index contributed by atoms with van der Waals surface area (Å²) in [5.74, 6) is -0.269. The molecule has 0 N–H and O–H groups in total. The van der Waals surface area contributed by atoms with Gasteiger partial charge < -0.3 is 9.80 Å². The molecule has 142 valence electrons. The Morgan fingerprint density at radius 3 is 2.32 bits per heavy atom. The number of anilines is 1. The lowest BCUT2D eigenvalue weighted by atomic mass is 10.1. The average Bonchev–Trinajstić information content (AvgIpc) is 2.73. The van der Waals surface area contributed by atoms with Crippen molar-refractivity contribution >= 4 is 23.4 Å². The Hall–Kier alpha value is -3.66. The van der Waals surface area contributed by atoms with Gasteiger partial charge in [-0.3, -0.25) is 14.9 Å². The first-order valence-corrected chi connectivity index (χ1v) is 8.95. The highest BCUT2D eigenvalue weighted by Gasteiger charge is 2.24. The minimum Gasteiger partial charge on any atom is -0.368 e. The number of nitro groups is 1. The van der Waals surface area contributed by atoms with E-state index in [1.807, 2.05) is 37.3 Å². The van der Waals surface area contributed by atoms with Gasteiger partial charge in [0.2, 0.25) is 0 Å². The van der Waals surface area contributed by atoms with Crippen molar-refractivity contribution in [1.29, 1.82) is 5.26 Å². The largest absolute Gasteiger partial charge is 0.368 e. The highest BCUT2D eigenvalue weighted by atomic mass is 16.6. The van der Waals surface area contributed by atoms with E-state index in [1.54, 1.807) is 23.1 Å². The monoisotopic (exact) mass is 376 g/mol. The van der Waals surface area contributed by atoms with E-state index in [9.17, 15) is 20.2 Å². The summed E-state index contributed by atoms with van der Waals surface area (Å²) in [4.78, 5) is 26.8. The van der Waals surface area contributed by atoms with Gasteiger partial charge in [0.1, 0.15) is 11.6 Å². The van der Waals surface area contributed by atoms with Crippen LogP contribution in [0.2, 0.25) is 0 Å². The predicted molar refractivity (Wildman–Crippen MR) is 107 cm³/mol. The molecule has 1 amide bonds. The molecular weight excluding hydrogens is 356 g/mol. The molecule has 7 nitrogen and oxygen atoms in total. The van der Waals surface area contributed by atoms with Crippen LogP contribution in [0.25, 0.3) is 6.08 Å². The van der Waals surface area contributed by atoms with Crippen molar-refractivity contribution in [3.05, 3.63) is 75.3 Å². The Bertz CT molecular complexity index is 952. The second-order valence-electron chi connectivity index (χ2n) is 6.58. The van der Waals surface area contributed by atoms with Gasteiger partial charge in [0, 0.05) is 44.0 Å². The number of hydrogen-bond acceptors (Lipinski definition) is 5. The quantitative estimate of drug-likeness (QED) is 0.354. The molecule has 3 rings (SSSR count). The number of non-ortho nitro benzene ring substituents is 1. The molecule has 1 saturated heterocycles. The van der Waals surface area contributed by atoms with Crippen LogP contribution in [-0.2, 0) is 4.79 Å². The molecule has 7 heteroatoms. The standard InChI is InChI=1S/C21H20N4O3/c1-16-4-2-3-5-17(16)14-18(15-22)21(26)24-12-10-23(11-13-24)19-6-8-20(9-7-19)25(27)28/h2-9,14H,10-13H2,1H3/b18-14+. The number of carbonyl (C=O) groups excluding carboxylic acids is 1. The molecule has 1 aliphatic heterocycles. The topological polar surface area (TPSA) is 90.5 Å². The molecule has 0 aliphatic carbocycles. The van der Waals surface area contributed by atoms with Gasteiger partial charge in [0.25, 0.3) is 11.6 Å². The lowest BCUT2D eigenvalue weighted by molar-refractivity contribution is -0.384. The van der Waals surface area contributed by atoms with Crippen LogP contribution in [0.15, 0.2) is 54.1 Å². The Labute approximate surface area is 163 Å². The number of nitrogens with zero attached hydrogens (tertiary/aromatic N) is 4. The van der Waals surface area contributed by atoms with Crippen LogP contribution in [0.4, 0.5) is 11.4 Å². The summed E-state index contributed by atoms with van der Waals surface area (Å²) in [7, 11) is 0. The first-order chi connectivity index (χ1) is 13.5. The van der Waals surface area contributed by atoms with E-state index < -0.39 is 4.92 Å². The zero-order chi connectivity index (χ0) is 20.1. The number of piperazine rings is 1. The van der Waals surface area contributed by atoms with E-state index >= 15 is 0 Å². The Kier molecular flexibility index (Phi) is 5.70. The summed E-state index contributed by atoms with van der Waals surface area (Å²) in [6.07, 6.45) is 1.64. The molecule has 0 bridgehead atoms. The Morgan fingerprint density at radius 2 is 1.75 bits per heavy atom. The Balaban J connectivity index is 1.66. The molecule has 1 fully saturated rings. The second-order valence-corrected chi connectivity index (χ2v) is 6.58. The fourth-order valence-corrected chi connectivity index (χ4v) is 3.17. The fraction of sp³-hybridized carbons (Fsp3) is 0.238. The first-order valence-electron chi connectivity index (χ1n) is 8.95. The van der Waals surface area contributed by atoms with Gasteiger partial charge in [0.15, 0.2) is 0 Å². The first kappa shape index (κ1) is 19.1. The number of rotatable bonds is 4. The number of aryl methyl sites for hydroxylation is 1. The van der Waals surface area contributed by atoms with Crippen molar-refractivity contribution in [3.8, 4) is 6.07 Å². The van der Waals surface area contributed by atoms with E-state index in [1.165, 1.54) is 12.1 Å².